The predicted octanol–water partition coefficient (Wildman–Crippen LogP) is 2.64. The van der Waals surface area contributed by atoms with Gasteiger partial charge in [-0.3, -0.25) is 4.79 Å². The molecule has 2 aromatic rings. The number of primary amides is 1. The molecule has 0 aliphatic rings. The highest BCUT2D eigenvalue weighted by molar-refractivity contribution is 5.92. The Balaban J connectivity index is 2.10. The molecule has 98 valence electrons. The van der Waals surface area contributed by atoms with Gasteiger partial charge in [-0.25, -0.2) is 8.78 Å². The lowest BCUT2D eigenvalue weighted by Crippen LogP contribution is -2.11. The number of rotatable bonds is 4. The van der Waals surface area contributed by atoms with Gasteiger partial charge in [0.2, 0.25) is 5.91 Å². The fourth-order valence-electron chi connectivity index (χ4n) is 1.54. The first-order chi connectivity index (χ1) is 9.06. The van der Waals surface area contributed by atoms with Gasteiger partial charge < -0.3 is 10.5 Å². The largest absolute Gasteiger partial charge is 0.489 e. The number of carbonyl (C=O) groups is 1. The van der Waals surface area contributed by atoms with Gasteiger partial charge in [0.15, 0.2) is 0 Å². The van der Waals surface area contributed by atoms with E-state index in [9.17, 15) is 13.6 Å². The molecule has 19 heavy (non-hydrogen) atoms. The number of benzene rings is 2. The minimum atomic E-state index is -0.698. The molecular weight excluding hydrogens is 252 g/mol. The van der Waals surface area contributed by atoms with Crippen LogP contribution in [0.2, 0.25) is 0 Å². The van der Waals surface area contributed by atoms with Crippen molar-refractivity contribution in [2.24, 2.45) is 5.73 Å². The molecule has 0 bridgehead atoms. The molecule has 5 heteroatoms. The number of amides is 1. The smallest absolute Gasteiger partial charge is 0.248 e. The third-order valence-electron chi connectivity index (χ3n) is 2.53. The van der Waals surface area contributed by atoms with Crippen molar-refractivity contribution in [1.82, 2.24) is 0 Å². The van der Waals surface area contributed by atoms with Crippen LogP contribution in [0.1, 0.15) is 15.9 Å². The number of halogens is 2. The molecule has 3 nitrogen and oxygen atoms in total. The SMILES string of the molecule is NC(=O)c1ccc(COc2cccc(F)c2)c(F)c1. The minimum absolute atomic E-state index is 0.0612. The third-order valence-corrected chi connectivity index (χ3v) is 2.53. The maximum atomic E-state index is 13.6. The van der Waals surface area contributed by atoms with Gasteiger partial charge in [-0.05, 0) is 24.3 Å². The zero-order chi connectivity index (χ0) is 13.8. The van der Waals surface area contributed by atoms with Crippen molar-refractivity contribution in [3.05, 3.63) is 65.2 Å². The molecule has 0 aliphatic carbocycles. The normalized spacial score (nSPS) is 10.2. The molecule has 2 rings (SSSR count). The van der Waals surface area contributed by atoms with Gasteiger partial charge in [0.1, 0.15) is 24.0 Å². The van der Waals surface area contributed by atoms with Crippen LogP contribution in [0.5, 0.6) is 5.75 Å². The number of nitrogens with two attached hydrogens (primary N) is 1. The molecule has 0 aliphatic heterocycles. The standard InChI is InChI=1S/C14H11F2NO2/c15-11-2-1-3-12(7-11)19-8-10-5-4-9(14(17)18)6-13(10)16/h1-7H,8H2,(H2,17,18). The van der Waals surface area contributed by atoms with Crippen molar-refractivity contribution in [3.63, 3.8) is 0 Å². The van der Waals surface area contributed by atoms with Crippen LogP contribution in [0.4, 0.5) is 8.78 Å². The molecule has 0 aromatic heterocycles. The van der Waals surface area contributed by atoms with E-state index in [0.717, 1.165) is 6.07 Å². The van der Waals surface area contributed by atoms with E-state index < -0.39 is 17.5 Å². The average molecular weight is 263 g/mol. The van der Waals surface area contributed by atoms with E-state index in [2.05, 4.69) is 0 Å². The van der Waals surface area contributed by atoms with Crippen LogP contribution in [0.3, 0.4) is 0 Å². The van der Waals surface area contributed by atoms with Gasteiger partial charge in [0, 0.05) is 17.2 Å². The lowest BCUT2D eigenvalue weighted by atomic mass is 10.1. The molecule has 2 aromatic carbocycles. The van der Waals surface area contributed by atoms with Crippen molar-refractivity contribution >= 4 is 5.91 Å². The molecule has 0 spiro atoms. The Morgan fingerprint density at radius 2 is 1.95 bits per heavy atom. The Morgan fingerprint density at radius 3 is 2.58 bits per heavy atom. The lowest BCUT2D eigenvalue weighted by molar-refractivity contribution is 0.0999. The van der Waals surface area contributed by atoms with Crippen molar-refractivity contribution in [1.29, 1.82) is 0 Å². The fourth-order valence-corrected chi connectivity index (χ4v) is 1.54. The van der Waals surface area contributed by atoms with Crippen molar-refractivity contribution in [3.8, 4) is 5.75 Å². The van der Waals surface area contributed by atoms with Crippen LogP contribution in [0, 0.1) is 11.6 Å². The van der Waals surface area contributed by atoms with Crippen LogP contribution in [-0.4, -0.2) is 5.91 Å². The maximum Gasteiger partial charge on any atom is 0.248 e. The summed E-state index contributed by atoms with van der Waals surface area (Å²) < 4.78 is 31.8. The topological polar surface area (TPSA) is 52.3 Å². The van der Waals surface area contributed by atoms with E-state index in [-0.39, 0.29) is 17.7 Å². The summed E-state index contributed by atoms with van der Waals surface area (Å²) in [5.41, 5.74) is 5.38. The summed E-state index contributed by atoms with van der Waals surface area (Å²) in [6.07, 6.45) is 0. The summed E-state index contributed by atoms with van der Waals surface area (Å²) in [4.78, 5) is 10.9. The van der Waals surface area contributed by atoms with Crippen LogP contribution < -0.4 is 10.5 Å². The van der Waals surface area contributed by atoms with Crippen LogP contribution in [-0.2, 0) is 6.61 Å². The predicted molar refractivity (Wildman–Crippen MR) is 65.6 cm³/mol. The molecule has 0 unspecified atom stereocenters. The highest BCUT2D eigenvalue weighted by atomic mass is 19.1. The molecule has 0 heterocycles. The summed E-state index contributed by atoms with van der Waals surface area (Å²) in [5, 5.41) is 0. The van der Waals surface area contributed by atoms with Crippen molar-refractivity contribution < 1.29 is 18.3 Å². The molecule has 0 radical (unpaired) electrons. The minimum Gasteiger partial charge on any atom is -0.489 e. The summed E-state index contributed by atoms with van der Waals surface area (Å²) in [5.74, 6) is -1.41. The first-order valence-electron chi connectivity index (χ1n) is 5.53. The average Bonchev–Trinajstić information content (AvgIpc) is 2.37. The van der Waals surface area contributed by atoms with Gasteiger partial charge in [-0.2, -0.15) is 0 Å². The van der Waals surface area contributed by atoms with Crippen molar-refractivity contribution in [2.75, 3.05) is 0 Å². The zero-order valence-electron chi connectivity index (χ0n) is 9.90. The highest BCUT2D eigenvalue weighted by Gasteiger charge is 2.07. The van der Waals surface area contributed by atoms with E-state index >= 15 is 0 Å². The number of carbonyl (C=O) groups excluding carboxylic acids is 1. The Bertz CT molecular complexity index is 614. The summed E-state index contributed by atoms with van der Waals surface area (Å²) in [7, 11) is 0. The molecule has 0 fully saturated rings. The third kappa shape index (κ3) is 3.28. The summed E-state index contributed by atoms with van der Waals surface area (Å²) in [6.45, 7) is -0.0612. The van der Waals surface area contributed by atoms with Gasteiger partial charge >= 0.3 is 0 Å². The van der Waals surface area contributed by atoms with Gasteiger partial charge in [0.25, 0.3) is 0 Å². The molecule has 0 saturated carbocycles. The fraction of sp³-hybridized carbons (Fsp3) is 0.0714. The monoisotopic (exact) mass is 263 g/mol. The quantitative estimate of drug-likeness (QED) is 0.921. The second kappa shape index (κ2) is 5.48. The molecule has 0 atom stereocenters. The highest BCUT2D eigenvalue weighted by Crippen LogP contribution is 2.16. The summed E-state index contributed by atoms with van der Waals surface area (Å²) in [6, 6.07) is 9.43. The second-order valence-corrected chi connectivity index (χ2v) is 3.92. The maximum absolute atomic E-state index is 13.6. The molecular formula is C14H11F2NO2. The van der Waals surface area contributed by atoms with Gasteiger partial charge in [-0.1, -0.05) is 12.1 Å². The summed E-state index contributed by atoms with van der Waals surface area (Å²) >= 11 is 0. The Labute approximate surface area is 108 Å². The molecule has 0 saturated heterocycles. The Hall–Kier alpha value is -2.43. The second-order valence-electron chi connectivity index (χ2n) is 3.92. The van der Waals surface area contributed by atoms with E-state index in [1.807, 2.05) is 0 Å². The van der Waals surface area contributed by atoms with Gasteiger partial charge in [-0.15, -0.1) is 0 Å². The number of hydrogen-bond donors (Lipinski definition) is 1. The van der Waals surface area contributed by atoms with Gasteiger partial charge in [0.05, 0.1) is 0 Å². The first-order valence-corrected chi connectivity index (χ1v) is 5.53. The first kappa shape index (κ1) is 13.0. The van der Waals surface area contributed by atoms with Crippen LogP contribution in [0.15, 0.2) is 42.5 Å². The van der Waals surface area contributed by atoms with Crippen LogP contribution in [0.25, 0.3) is 0 Å². The van der Waals surface area contributed by atoms with Crippen molar-refractivity contribution in [2.45, 2.75) is 6.61 Å². The Kier molecular flexibility index (Phi) is 3.75. The number of ether oxygens (including phenoxy) is 1. The Morgan fingerprint density at radius 1 is 1.16 bits per heavy atom. The van der Waals surface area contributed by atoms with E-state index in [1.54, 1.807) is 6.07 Å². The van der Waals surface area contributed by atoms with E-state index in [4.69, 9.17) is 10.5 Å². The van der Waals surface area contributed by atoms with E-state index in [1.165, 1.54) is 30.3 Å². The zero-order valence-corrected chi connectivity index (χ0v) is 9.90. The lowest BCUT2D eigenvalue weighted by Gasteiger charge is -2.07. The molecule has 2 N–H and O–H groups in total. The number of hydrogen-bond acceptors (Lipinski definition) is 2. The van der Waals surface area contributed by atoms with Crippen LogP contribution >= 0.6 is 0 Å². The van der Waals surface area contributed by atoms with E-state index in [0.29, 0.717) is 5.75 Å². The molecule has 1 amide bonds.